The lowest BCUT2D eigenvalue weighted by molar-refractivity contribution is -0.142. The number of aryl methyl sites for hydroxylation is 2. The minimum Gasteiger partial charge on any atom is -0.480 e. The molecule has 0 fully saturated rings. The summed E-state index contributed by atoms with van der Waals surface area (Å²) in [5.41, 5.74) is 3.16. The molecule has 0 bridgehead atoms. The molecule has 1 heterocycles. The molecule has 0 aliphatic rings. The summed E-state index contributed by atoms with van der Waals surface area (Å²) in [6.45, 7) is 3.63. The first-order chi connectivity index (χ1) is 9.06. The molecule has 100 valence electrons. The summed E-state index contributed by atoms with van der Waals surface area (Å²) in [5, 5.41) is 16.2. The number of aromatic nitrogens is 2. The first-order valence-electron chi connectivity index (χ1n) is 5.76. The topological polar surface area (TPSA) is 85.5 Å². The molecule has 6 nitrogen and oxygen atoms in total. The number of nitrogens with zero attached hydrogens (tertiary/aromatic N) is 2. The quantitative estimate of drug-likeness (QED) is 0.886. The van der Waals surface area contributed by atoms with E-state index in [-0.39, 0.29) is 19.1 Å². The van der Waals surface area contributed by atoms with Gasteiger partial charge in [-0.25, -0.2) is 4.79 Å². The van der Waals surface area contributed by atoms with E-state index in [4.69, 9.17) is 14.3 Å². The van der Waals surface area contributed by atoms with Crippen LogP contribution in [0.4, 0.5) is 0 Å². The summed E-state index contributed by atoms with van der Waals surface area (Å²) in [4.78, 5) is 10.3. The normalized spacial score (nSPS) is 10.6. The van der Waals surface area contributed by atoms with E-state index in [2.05, 4.69) is 10.2 Å². The summed E-state index contributed by atoms with van der Waals surface area (Å²) in [7, 11) is 0. The second-order valence-electron chi connectivity index (χ2n) is 4.19. The summed E-state index contributed by atoms with van der Waals surface area (Å²) in [5.74, 6) is -0.375. The highest BCUT2D eigenvalue weighted by Gasteiger charge is 2.10. The number of carboxylic acids is 1. The van der Waals surface area contributed by atoms with Crippen LogP contribution in [0.15, 0.2) is 22.6 Å². The Bertz CT molecular complexity index is 592. The predicted molar refractivity (Wildman–Crippen MR) is 66.5 cm³/mol. The first kappa shape index (κ1) is 13.2. The molecule has 19 heavy (non-hydrogen) atoms. The van der Waals surface area contributed by atoms with Gasteiger partial charge in [0.15, 0.2) is 0 Å². The van der Waals surface area contributed by atoms with Gasteiger partial charge in [0.25, 0.3) is 0 Å². The maximum atomic E-state index is 10.3. The van der Waals surface area contributed by atoms with E-state index in [1.54, 1.807) is 0 Å². The molecule has 0 aliphatic heterocycles. The Hall–Kier alpha value is -2.21. The molecule has 0 amide bonds. The Morgan fingerprint density at radius 3 is 2.79 bits per heavy atom. The molecule has 1 aromatic heterocycles. The van der Waals surface area contributed by atoms with Crippen LogP contribution in [0.1, 0.15) is 17.0 Å². The fourth-order valence-electron chi connectivity index (χ4n) is 1.53. The van der Waals surface area contributed by atoms with Gasteiger partial charge in [-0.3, -0.25) is 0 Å². The van der Waals surface area contributed by atoms with Gasteiger partial charge < -0.3 is 14.3 Å². The van der Waals surface area contributed by atoms with Crippen molar-refractivity contribution in [1.29, 1.82) is 0 Å². The molecule has 0 spiro atoms. The standard InChI is InChI=1S/C13H14N2O4/c1-8-3-4-10(5-9(8)2)13-15-14-11(19-13)6-18-7-12(16)17/h3-5H,6-7H2,1-2H3,(H,16,17). The third kappa shape index (κ3) is 3.38. The fourth-order valence-corrected chi connectivity index (χ4v) is 1.53. The molecule has 0 saturated carbocycles. The van der Waals surface area contributed by atoms with Crippen LogP contribution in [-0.2, 0) is 16.1 Å². The number of ether oxygens (including phenoxy) is 1. The predicted octanol–water partition coefficient (Wildman–Crippen LogP) is 1.95. The van der Waals surface area contributed by atoms with Gasteiger partial charge in [0.2, 0.25) is 11.8 Å². The van der Waals surface area contributed by atoms with E-state index in [0.717, 1.165) is 11.1 Å². The first-order valence-corrected chi connectivity index (χ1v) is 5.76. The van der Waals surface area contributed by atoms with Crippen molar-refractivity contribution in [2.75, 3.05) is 6.61 Å². The summed E-state index contributed by atoms with van der Waals surface area (Å²) in [6.07, 6.45) is 0. The maximum Gasteiger partial charge on any atom is 0.329 e. The van der Waals surface area contributed by atoms with E-state index in [1.165, 1.54) is 5.56 Å². The molecule has 1 aromatic carbocycles. The van der Waals surface area contributed by atoms with Crippen molar-refractivity contribution in [3.05, 3.63) is 35.2 Å². The lowest BCUT2D eigenvalue weighted by atomic mass is 10.1. The van der Waals surface area contributed by atoms with Crippen molar-refractivity contribution in [3.63, 3.8) is 0 Å². The number of hydrogen-bond acceptors (Lipinski definition) is 5. The Labute approximate surface area is 110 Å². The third-order valence-electron chi connectivity index (χ3n) is 2.67. The Kier molecular flexibility index (Phi) is 3.91. The van der Waals surface area contributed by atoms with Crippen LogP contribution in [-0.4, -0.2) is 27.9 Å². The maximum absolute atomic E-state index is 10.3. The average molecular weight is 262 g/mol. The van der Waals surface area contributed by atoms with Crippen molar-refractivity contribution >= 4 is 5.97 Å². The van der Waals surface area contributed by atoms with Crippen molar-refractivity contribution in [2.45, 2.75) is 20.5 Å². The van der Waals surface area contributed by atoms with Crippen LogP contribution in [0.3, 0.4) is 0 Å². The lowest BCUT2D eigenvalue weighted by Gasteiger charge is -2.01. The zero-order chi connectivity index (χ0) is 13.8. The van der Waals surface area contributed by atoms with Gasteiger partial charge in [0.1, 0.15) is 13.2 Å². The Morgan fingerprint density at radius 2 is 2.11 bits per heavy atom. The van der Waals surface area contributed by atoms with Crippen LogP contribution in [0.25, 0.3) is 11.5 Å². The SMILES string of the molecule is Cc1ccc(-c2nnc(COCC(=O)O)o2)cc1C. The van der Waals surface area contributed by atoms with Gasteiger partial charge in [-0.2, -0.15) is 0 Å². The molecular weight excluding hydrogens is 248 g/mol. The van der Waals surface area contributed by atoms with Crippen LogP contribution < -0.4 is 0 Å². The molecule has 0 saturated heterocycles. The van der Waals surface area contributed by atoms with Gasteiger partial charge in [-0.1, -0.05) is 6.07 Å². The van der Waals surface area contributed by atoms with Crippen LogP contribution >= 0.6 is 0 Å². The monoisotopic (exact) mass is 262 g/mol. The number of carboxylic acid groups (broad SMARTS) is 1. The van der Waals surface area contributed by atoms with Crippen molar-refractivity contribution in [1.82, 2.24) is 10.2 Å². The van der Waals surface area contributed by atoms with Gasteiger partial charge in [0.05, 0.1) is 0 Å². The Balaban J connectivity index is 2.07. The minimum absolute atomic E-state index is 0.00978. The second kappa shape index (κ2) is 5.62. The molecule has 0 aliphatic carbocycles. The molecule has 2 rings (SSSR count). The Morgan fingerprint density at radius 1 is 1.32 bits per heavy atom. The van der Waals surface area contributed by atoms with E-state index in [1.807, 2.05) is 32.0 Å². The fraction of sp³-hybridized carbons (Fsp3) is 0.308. The highest BCUT2D eigenvalue weighted by atomic mass is 16.5. The van der Waals surface area contributed by atoms with Crippen LogP contribution in [0, 0.1) is 13.8 Å². The third-order valence-corrected chi connectivity index (χ3v) is 2.67. The van der Waals surface area contributed by atoms with E-state index in [0.29, 0.717) is 5.89 Å². The molecule has 1 N–H and O–H groups in total. The zero-order valence-corrected chi connectivity index (χ0v) is 10.7. The molecule has 2 aromatic rings. The molecule has 0 radical (unpaired) electrons. The van der Waals surface area contributed by atoms with Crippen molar-refractivity contribution in [3.8, 4) is 11.5 Å². The van der Waals surface area contributed by atoms with Crippen LogP contribution in [0.5, 0.6) is 0 Å². The van der Waals surface area contributed by atoms with Gasteiger partial charge >= 0.3 is 5.97 Å². The van der Waals surface area contributed by atoms with E-state index < -0.39 is 5.97 Å². The number of aliphatic carboxylic acids is 1. The van der Waals surface area contributed by atoms with Gasteiger partial charge in [-0.15, -0.1) is 10.2 Å². The number of hydrogen-bond donors (Lipinski definition) is 1. The minimum atomic E-state index is -1.03. The zero-order valence-electron chi connectivity index (χ0n) is 10.7. The number of carbonyl (C=O) groups is 1. The molecule has 6 heteroatoms. The molecule has 0 unspecified atom stereocenters. The second-order valence-corrected chi connectivity index (χ2v) is 4.19. The summed E-state index contributed by atoms with van der Waals surface area (Å²) >= 11 is 0. The summed E-state index contributed by atoms with van der Waals surface area (Å²) in [6, 6.07) is 5.85. The van der Waals surface area contributed by atoms with E-state index in [9.17, 15) is 4.79 Å². The smallest absolute Gasteiger partial charge is 0.329 e. The van der Waals surface area contributed by atoms with Gasteiger partial charge in [0, 0.05) is 5.56 Å². The van der Waals surface area contributed by atoms with Crippen molar-refractivity contribution < 1.29 is 19.1 Å². The lowest BCUT2D eigenvalue weighted by Crippen LogP contribution is -2.06. The summed E-state index contributed by atoms with van der Waals surface area (Å²) < 4.78 is 10.3. The number of benzene rings is 1. The van der Waals surface area contributed by atoms with Gasteiger partial charge in [-0.05, 0) is 37.1 Å². The largest absolute Gasteiger partial charge is 0.480 e. The average Bonchev–Trinajstić information content (AvgIpc) is 2.81. The van der Waals surface area contributed by atoms with E-state index >= 15 is 0 Å². The molecule has 0 atom stereocenters. The highest BCUT2D eigenvalue weighted by molar-refractivity contribution is 5.67. The van der Waals surface area contributed by atoms with Crippen molar-refractivity contribution in [2.24, 2.45) is 0 Å². The number of rotatable bonds is 5. The highest BCUT2D eigenvalue weighted by Crippen LogP contribution is 2.21. The molecular formula is C13H14N2O4. The van der Waals surface area contributed by atoms with Crippen LogP contribution in [0.2, 0.25) is 0 Å².